The summed E-state index contributed by atoms with van der Waals surface area (Å²) >= 11 is 6.84. The lowest BCUT2D eigenvalue weighted by molar-refractivity contribution is -0.137. The summed E-state index contributed by atoms with van der Waals surface area (Å²) in [5.41, 5.74) is 0.604. The molecule has 2 aliphatic rings. The predicted octanol–water partition coefficient (Wildman–Crippen LogP) is 2.41. The Morgan fingerprint density at radius 2 is 2.07 bits per heavy atom. The second-order valence-electron chi connectivity index (χ2n) is 6.53. The highest BCUT2D eigenvalue weighted by Crippen LogP contribution is 2.33. The highest BCUT2D eigenvalue weighted by atomic mass is 35.5. The maximum absolute atomic E-state index is 12.7. The molecule has 0 aliphatic carbocycles. The number of hydrogen-bond donors (Lipinski definition) is 0. The first-order chi connectivity index (χ1) is 13.2. The third-order valence-corrected chi connectivity index (χ3v) is 7.67. The normalized spacial score (nSPS) is 22.9. The fraction of sp³-hybridized carbons (Fsp3) is 0.389. The molecule has 0 unspecified atom stereocenters. The van der Waals surface area contributed by atoms with Gasteiger partial charge in [0.2, 0.25) is 5.91 Å². The summed E-state index contributed by atoms with van der Waals surface area (Å²) in [5, 5.41) is -0.0864. The van der Waals surface area contributed by atoms with Crippen LogP contribution in [0, 0.1) is 0 Å². The zero-order chi connectivity index (χ0) is 20.5. The van der Waals surface area contributed by atoms with Gasteiger partial charge in [0, 0.05) is 17.6 Å². The molecule has 2 aliphatic heterocycles. The molecule has 2 heterocycles. The molecule has 0 bridgehead atoms. The topological polar surface area (TPSA) is 91.8 Å². The van der Waals surface area contributed by atoms with E-state index in [4.69, 9.17) is 11.6 Å². The second-order valence-corrected chi connectivity index (χ2v) is 10.2. The van der Waals surface area contributed by atoms with Crippen LogP contribution in [0.15, 0.2) is 29.2 Å². The van der Waals surface area contributed by atoms with Crippen LogP contribution in [0.1, 0.15) is 18.9 Å². The van der Waals surface area contributed by atoms with E-state index in [1.807, 2.05) is 0 Å². The highest BCUT2D eigenvalue weighted by Gasteiger charge is 2.39. The number of carbonyl (C=O) groups is 3. The molecule has 7 nitrogen and oxygen atoms in total. The van der Waals surface area contributed by atoms with E-state index in [9.17, 15) is 22.8 Å². The van der Waals surface area contributed by atoms with E-state index in [0.29, 0.717) is 23.6 Å². The highest BCUT2D eigenvalue weighted by molar-refractivity contribution is 8.18. The number of benzene rings is 1. The molecular weight excluding hydrogens is 424 g/mol. The molecule has 2 fully saturated rings. The molecule has 1 atom stereocenters. The number of amides is 3. The lowest BCUT2D eigenvalue weighted by Gasteiger charge is -2.28. The molecular formula is C18H19ClN2O5S2. The second kappa shape index (κ2) is 8.26. The molecule has 0 radical (unpaired) electrons. The summed E-state index contributed by atoms with van der Waals surface area (Å²) in [6, 6.07) is 6.50. The number of likely N-dealkylation sites (N-methyl/N-ethyl adjacent to an activating group) is 1. The first kappa shape index (κ1) is 20.9. The Balaban J connectivity index is 1.73. The fourth-order valence-electron chi connectivity index (χ4n) is 3.26. The van der Waals surface area contributed by atoms with Crippen LogP contribution < -0.4 is 0 Å². The molecule has 3 amide bonds. The zero-order valence-electron chi connectivity index (χ0n) is 15.1. The average molecular weight is 443 g/mol. The van der Waals surface area contributed by atoms with Gasteiger partial charge >= 0.3 is 0 Å². The maximum atomic E-state index is 12.7. The smallest absolute Gasteiger partial charge is 0.294 e. The van der Waals surface area contributed by atoms with Crippen LogP contribution in [-0.4, -0.2) is 65.9 Å². The summed E-state index contributed by atoms with van der Waals surface area (Å²) in [6.07, 6.45) is 1.90. The first-order valence-corrected chi connectivity index (χ1v) is 11.7. The molecule has 1 aromatic rings. The summed E-state index contributed by atoms with van der Waals surface area (Å²) < 4.78 is 23.4. The van der Waals surface area contributed by atoms with Gasteiger partial charge in [0.25, 0.3) is 11.1 Å². The van der Waals surface area contributed by atoms with Gasteiger partial charge in [-0.05, 0) is 42.8 Å². The monoisotopic (exact) mass is 442 g/mol. The number of sulfone groups is 1. The standard InChI is InChI=1S/C18H19ClN2O5S2/c1-2-20(13-7-8-28(25,26)11-13)16(22)10-21-17(23)15(27-18(21)24)9-12-5-3-4-6-14(12)19/h3-6,9,13H,2,7-8,10-11H2,1H3/b15-9-/t13-/m0/s1. The van der Waals surface area contributed by atoms with Crippen LogP contribution in [0.2, 0.25) is 5.02 Å². The molecule has 3 rings (SSSR count). The van der Waals surface area contributed by atoms with Crippen molar-refractivity contribution in [1.29, 1.82) is 0 Å². The van der Waals surface area contributed by atoms with Crippen molar-refractivity contribution in [2.45, 2.75) is 19.4 Å². The number of rotatable bonds is 5. The van der Waals surface area contributed by atoms with Gasteiger partial charge in [-0.3, -0.25) is 19.3 Å². The molecule has 2 saturated heterocycles. The molecule has 150 valence electrons. The van der Waals surface area contributed by atoms with Crippen LogP contribution in [0.4, 0.5) is 4.79 Å². The van der Waals surface area contributed by atoms with Crippen molar-refractivity contribution in [3.63, 3.8) is 0 Å². The summed E-state index contributed by atoms with van der Waals surface area (Å²) in [4.78, 5) is 40.1. The molecule has 0 spiro atoms. The van der Waals surface area contributed by atoms with Crippen LogP contribution >= 0.6 is 23.4 Å². The van der Waals surface area contributed by atoms with Gasteiger partial charge in [-0.25, -0.2) is 8.42 Å². The Morgan fingerprint density at radius 3 is 2.68 bits per heavy atom. The van der Waals surface area contributed by atoms with Crippen LogP contribution in [-0.2, 0) is 19.4 Å². The zero-order valence-corrected chi connectivity index (χ0v) is 17.5. The van der Waals surface area contributed by atoms with E-state index in [0.717, 1.165) is 16.7 Å². The third-order valence-electron chi connectivity index (χ3n) is 4.67. The van der Waals surface area contributed by atoms with Gasteiger partial charge in [0.1, 0.15) is 6.54 Å². The van der Waals surface area contributed by atoms with E-state index < -0.39 is 39.5 Å². The van der Waals surface area contributed by atoms with E-state index in [2.05, 4.69) is 0 Å². The maximum Gasteiger partial charge on any atom is 0.294 e. The quantitative estimate of drug-likeness (QED) is 0.650. The average Bonchev–Trinajstić information content (AvgIpc) is 3.11. The van der Waals surface area contributed by atoms with Crippen LogP contribution in [0.25, 0.3) is 6.08 Å². The van der Waals surface area contributed by atoms with Crippen molar-refractivity contribution in [2.24, 2.45) is 0 Å². The van der Waals surface area contributed by atoms with Crippen molar-refractivity contribution in [3.8, 4) is 0 Å². The van der Waals surface area contributed by atoms with Gasteiger partial charge in [0.05, 0.1) is 16.4 Å². The molecule has 0 saturated carbocycles. The Bertz CT molecular complexity index is 960. The van der Waals surface area contributed by atoms with E-state index in [1.165, 1.54) is 11.0 Å². The minimum absolute atomic E-state index is 0.0452. The van der Waals surface area contributed by atoms with E-state index in [-0.39, 0.29) is 16.4 Å². The molecule has 10 heteroatoms. The predicted molar refractivity (Wildman–Crippen MR) is 109 cm³/mol. The summed E-state index contributed by atoms with van der Waals surface area (Å²) in [7, 11) is -3.15. The lowest BCUT2D eigenvalue weighted by atomic mass is 10.2. The van der Waals surface area contributed by atoms with Crippen molar-refractivity contribution in [1.82, 2.24) is 9.80 Å². The molecule has 0 aromatic heterocycles. The minimum Gasteiger partial charge on any atom is -0.337 e. The molecule has 1 aromatic carbocycles. The van der Waals surface area contributed by atoms with Crippen LogP contribution in [0.3, 0.4) is 0 Å². The molecule has 28 heavy (non-hydrogen) atoms. The summed E-state index contributed by atoms with van der Waals surface area (Å²) in [6.45, 7) is 1.65. The Morgan fingerprint density at radius 1 is 1.36 bits per heavy atom. The minimum atomic E-state index is -3.15. The first-order valence-electron chi connectivity index (χ1n) is 8.71. The van der Waals surface area contributed by atoms with Crippen molar-refractivity contribution >= 4 is 56.3 Å². The number of thioether (sulfide) groups is 1. The van der Waals surface area contributed by atoms with Crippen molar-refractivity contribution in [2.75, 3.05) is 24.6 Å². The fourth-order valence-corrected chi connectivity index (χ4v) is 6.01. The number of carbonyl (C=O) groups excluding carboxylic acids is 3. The van der Waals surface area contributed by atoms with Gasteiger partial charge in [0.15, 0.2) is 9.84 Å². The largest absolute Gasteiger partial charge is 0.337 e. The SMILES string of the molecule is CCN(C(=O)CN1C(=O)S/C(=C\c2ccccc2Cl)C1=O)[C@H]1CCS(=O)(=O)C1. The van der Waals surface area contributed by atoms with Crippen LogP contribution in [0.5, 0.6) is 0 Å². The third kappa shape index (κ3) is 4.42. The van der Waals surface area contributed by atoms with Crippen molar-refractivity contribution < 1.29 is 22.8 Å². The number of hydrogen-bond acceptors (Lipinski definition) is 6. The van der Waals surface area contributed by atoms with Gasteiger partial charge in [-0.2, -0.15) is 0 Å². The Kier molecular flexibility index (Phi) is 6.16. The Labute approximate surface area is 172 Å². The van der Waals surface area contributed by atoms with Gasteiger partial charge in [-0.15, -0.1) is 0 Å². The van der Waals surface area contributed by atoms with Gasteiger partial charge < -0.3 is 4.90 Å². The van der Waals surface area contributed by atoms with Crippen molar-refractivity contribution in [3.05, 3.63) is 39.8 Å². The lowest BCUT2D eigenvalue weighted by Crippen LogP contribution is -2.47. The molecule has 0 N–H and O–H groups in total. The Hall–Kier alpha value is -1.84. The van der Waals surface area contributed by atoms with E-state index >= 15 is 0 Å². The summed E-state index contributed by atoms with van der Waals surface area (Å²) in [5.74, 6) is -1.03. The number of imide groups is 1. The number of nitrogens with zero attached hydrogens (tertiary/aromatic N) is 2. The number of halogens is 1. The van der Waals surface area contributed by atoms with E-state index in [1.54, 1.807) is 31.2 Å². The van der Waals surface area contributed by atoms with Gasteiger partial charge in [-0.1, -0.05) is 29.8 Å².